The third-order valence-corrected chi connectivity index (χ3v) is 4.35. The molecule has 2 unspecified atom stereocenters. The summed E-state index contributed by atoms with van der Waals surface area (Å²) in [6.07, 6.45) is 4.71. The molecule has 0 bridgehead atoms. The van der Waals surface area contributed by atoms with Crippen molar-refractivity contribution in [2.24, 2.45) is 11.3 Å². The van der Waals surface area contributed by atoms with Gasteiger partial charge in [0.15, 0.2) is 0 Å². The number of hydrogen-bond donors (Lipinski definition) is 0. The lowest BCUT2D eigenvalue weighted by molar-refractivity contribution is 0.0279. The van der Waals surface area contributed by atoms with Crippen LogP contribution in [-0.2, 0) is 0 Å². The van der Waals surface area contributed by atoms with Crippen LogP contribution in [0, 0.1) is 34.0 Å². The van der Waals surface area contributed by atoms with Gasteiger partial charge in [-0.1, -0.05) is 33.3 Å². The number of rotatable bonds is 2. The molecule has 1 aromatic carbocycles. The second-order valence-electron chi connectivity index (χ2n) is 6.82. The van der Waals surface area contributed by atoms with Crippen molar-refractivity contribution in [3.63, 3.8) is 0 Å². The molecule has 0 amide bonds. The lowest BCUT2D eigenvalue weighted by Gasteiger charge is -2.40. The number of nitrogens with zero attached hydrogens (tertiary/aromatic N) is 2. The normalized spacial score (nSPS) is 22.1. The van der Waals surface area contributed by atoms with Crippen molar-refractivity contribution < 1.29 is 4.74 Å². The van der Waals surface area contributed by atoms with Gasteiger partial charge >= 0.3 is 0 Å². The molecule has 0 saturated heterocycles. The summed E-state index contributed by atoms with van der Waals surface area (Å²) < 4.78 is 6.19. The fraction of sp³-hybridized carbons (Fsp3) is 0.556. The zero-order valence-electron chi connectivity index (χ0n) is 13.0. The maximum atomic E-state index is 9.30. The van der Waals surface area contributed by atoms with Gasteiger partial charge in [-0.05, 0) is 36.8 Å². The van der Waals surface area contributed by atoms with Gasteiger partial charge in [-0.25, -0.2) is 0 Å². The maximum Gasteiger partial charge on any atom is 0.138 e. The van der Waals surface area contributed by atoms with E-state index in [1.165, 1.54) is 6.42 Å². The zero-order chi connectivity index (χ0) is 15.5. The Hall–Kier alpha value is -2.00. The summed E-state index contributed by atoms with van der Waals surface area (Å²) in [6.45, 7) is 6.74. The average Bonchev–Trinajstić information content (AvgIpc) is 2.46. The largest absolute Gasteiger partial charge is 0.489 e. The van der Waals surface area contributed by atoms with Crippen LogP contribution < -0.4 is 4.74 Å². The maximum absolute atomic E-state index is 9.30. The highest BCUT2D eigenvalue weighted by Crippen LogP contribution is 2.40. The molecule has 0 N–H and O–H groups in total. The van der Waals surface area contributed by atoms with E-state index in [4.69, 9.17) is 10.00 Å². The van der Waals surface area contributed by atoms with Crippen LogP contribution >= 0.6 is 0 Å². The third kappa shape index (κ3) is 3.37. The molecular weight excluding hydrogens is 260 g/mol. The fourth-order valence-electron chi connectivity index (χ4n) is 3.23. The van der Waals surface area contributed by atoms with Crippen molar-refractivity contribution in [2.75, 3.05) is 0 Å². The number of nitriles is 2. The van der Waals surface area contributed by atoms with Crippen LogP contribution in [0.4, 0.5) is 0 Å². The molecule has 21 heavy (non-hydrogen) atoms. The molecule has 2 atom stereocenters. The van der Waals surface area contributed by atoms with Gasteiger partial charge in [-0.3, -0.25) is 0 Å². The van der Waals surface area contributed by atoms with Gasteiger partial charge in [0.1, 0.15) is 29.6 Å². The van der Waals surface area contributed by atoms with E-state index in [2.05, 4.69) is 32.9 Å². The predicted molar refractivity (Wildman–Crippen MR) is 81.7 cm³/mol. The first-order valence-electron chi connectivity index (χ1n) is 7.57. The molecule has 2 rings (SSSR count). The Bertz CT molecular complexity index is 587. The van der Waals surface area contributed by atoms with Gasteiger partial charge in [-0.2, -0.15) is 10.5 Å². The first kappa shape index (κ1) is 15.4. The average molecular weight is 282 g/mol. The van der Waals surface area contributed by atoms with E-state index in [0.29, 0.717) is 22.8 Å². The highest BCUT2D eigenvalue weighted by molar-refractivity contribution is 5.53. The van der Waals surface area contributed by atoms with Gasteiger partial charge in [-0.15, -0.1) is 0 Å². The van der Waals surface area contributed by atoms with Gasteiger partial charge in [0.05, 0.1) is 5.56 Å². The molecule has 0 aliphatic heterocycles. The molecule has 1 aliphatic rings. The summed E-state index contributed by atoms with van der Waals surface area (Å²) in [5.41, 5.74) is 0.932. The molecular formula is C18H22N2O. The second-order valence-corrected chi connectivity index (χ2v) is 6.82. The van der Waals surface area contributed by atoms with Crippen molar-refractivity contribution in [3.8, 4) is 17.9 Å². The Morgan fingerprint density at radius 3 is 2.43 bits per heavy atom. The Morgan fingerprint density at radius 1 is 1.10 bits per heavy atom. The number of hydrogen-bond acceptors (Lipinski definition) is 3. The van der Waals surface area contributed by atoms with E-state index < -0.39 is 0 Å². The quantitative estimate of drug-likeness (QED) is 0.807. The summed E-state index contributed by atoms with van der Waals surface area (Å²) in [5, 5.41) is 18.4. The molecule has 3 nitrogen and oxygen atoms in total. The van der Waals surface area contributed by atoms with E-state index in [-0.39, 0.29) is 11.5 Å². The molecule has 3 heteroatoms. The summed E-state index contributed by atoms with van der Waals surface area (Å²) in [6, 6.07) is 9.41. The van der Waals surface area contributed by atoms with Crippen LogP contribution in [0.15, 0.2) is 18.2 Å². The minimum Gasteiger partial charge on any atom is -0.489 e. The highest BCUT2D eigenvalue weighted by atomic mass is 16.5. The molecule has 1 aromatic rings. The smallest absolute Gasteiger partial charge is 0.138 e. The SMILES string of the molecule is CC(C)(C)C1CCCCC1Oc1cccc(C#N)c1C#N. The van der Waals surface area contributed by atoms with Crippen LogP contribution in [-0.4, -0.2) is 6.10 Å². The first-order valence-corrected chi connectivity index (χ1v) is 7.57. The fourth-order valence-corrected chi connectivity index (χ4v) is 3.23. The topological polar surface area (TPSA) is 56.8 Å². The van der Waals surface area contributed by atoms with Crippen LogP contribution in [0.25, 0.3) is 0 Å². The van der Waals surface area contributed by atoms with E-state index >= 15 is 0 Å². The van der Waals surface area contributed by atoms with Gasteiger partial charge in [0.2, 0.25) is 0 Å². The van der Waals surface area contributed by atoms with Crippen molar-refractivity contribution in [1.29, 1.82) is 10.5 Å². The Morgan fingerprint density at radius 2 is 1.81 bits per heavy atom. The Balaban J connectivity index is 2.29. The summed E-state index contributed by atoms with van der Waals surface area (Å²) in [5.74, 6) is 1.03. The van der Waals surface area contributed by atoms with Gasteiger partial charge in [0.25, 0.3) is 0 Å². The monoisotopic (exact) mass is 282 g/mol. The van der Waals surface area contributed by atoms with E-state index in [1.807, 2.05) is 0 Å². The number of benzene rings is 1. The predicted octanol–water partition coefficient (Wildman–Crippen LogP) is 4.41. The molecule has 0 heterocycles. The molecule has 1 fully saturated rings. The van der Waals surface area contributed by atoms with Crippen LogP contribution in [0.1, 0.15) is 57.6 Å². The molecule has 110 valence electrons. The van der Waals surface area contributed by atoms with Gasteiger partial charge < -0.3 is 4.74 Å². The molecule has 0 radical (unpaired) electrons. The second kappa shape index (κ2) is 6.19. The minimum atomic E-state index is 0.125. The summed E-state index contributed by atoms with van der Waals surface area (Å²) in [4.78, 5) is 0. The zero-order valence-corrected chi connectivity index (χ0v) is 13.0. The minimum absolute atomic E-state index is 0.125. The lowest BCUT2D eigenvalue weighted by Crippen LogP contribution is -2.38. The standard InChI is InChI=1S/C18H22N2O/c1-18(2,3)15-8-4-5-9-17(15)21-16-10-6-7-13(11-19)14(16)12-20/h6-7,10,15,17H,4-5,8-9H2,1-3H3. The van der Waals surface area contributed by atoms with Crippen molar-refractivity contribution in [3.05, 3.63) is 29.3 Å². The summed E-state index contributed by atoms with van der Waals surface area (Å²) in [7, 11) is 0. The third-order valence-electron chi connectivity index (χ3n) is 4.35. The van der Waals surface area contributed by atoms with Gasteiger partial charge in [0, 0.05) is 5.92 Å². The first-order chi connectivity index (χ1) is 9.97. The molecule has 1 saturated carbocycles. The van der Waals surface area contributed by atoms with Crippen LogP contribution in [0.2, 0.25) is 0 Å². The van der Waals surface area contributed by atoms with Crippen LogP contribution in [0.3, 0.4) is 0 Å². The molecule has 0 aromatic heterocycles. The molecule has 1 aliphatic carbocycles. The number of ether oxygens (including phenoxy) is 1. The van der Waals surface area contributed by atoms with Crippen molar-refractivity contribution >= 4 is 0 Å². The highest BCUT2D eigenvalue weighted by Gasteiger charge is 2.35. The van der Waals surface area contributed by atoms with E-state index in [1.54, 1.807) is 18.2 Å². The van der Waals surface area contributed by atoms with Crippen LogP contribution in [0.5, 0.6) is 5.75 Å². The van der Waals surface area contributed by atoms with Crippen molar-refractivity contribution in [2.45, 2.75) is 52.6 Å². The Kier molecular flexibility index (Phi) is 4.53. The Labute approximate surface area is 127 Å². The van der Waals surface area contributed by atoms with E-state index in [0.717, 1.165) is 19.3 Å². The summed E-state index contributed by atoms with van der Waals surface area (Å²) >= 11 is 0. The lowest BCUT2D eigenvalue weighted by atomic mass is 9.70. The molecule has 0 spiro atoms. The van der Waals surface area contributed by atoms with Crippen molar-refractivity contribution in [1.82, 2.24) is 0 Å². The van der Waals surface area contributed by atoms with E-state index in [9.17, 15) is 5.26 Å².